The Kier molecular flexibility index (Phi) is 5.73. The smallest absolute Gasteiger partial charge is 0.236 e. The van der Waals surface area contributed by atoms with E-state index in [-0.39, 0.29) is 11.7 Å². The van der Waals surface area contributed by atoms with Gasteiger partial charge in [0.15, 0.2) is 16.1 Å². The van der Waals surface area contributed by atoms with Gasteiger partial charge in [-0.1, -0.05) is 72.4 Å². The van der Waals surface area contributed by atoms with Crippen LogP contribution in [0.5, 0.6) is 0 Å². The molecule has 146 valence electrons. The van der Waals surface area contributed by atoms with Crippen molar-refractivity contribution in [2.45, 2.75) is 12.1 Å². The fraction of sp³-hybridized carbons (Fsp3) is 0.143. The van der Waals surface area contributed by atoms with Gasteiger partial charge >= 0.3 is 0 Å². The van der Waals surface area contributed by atoms with Crippen LogP contribution in [-0.2, 0) is 11.8 Å². The van der Waals surface area contributed by atoms with Crippen LogP contribution < -0.4 is 5.32 Å². The quantitative estimate of drug-likeness (QED) is 0.459. The molecule has 29 heavy (non-hydrogen) atoms. The Balaban J connectivity index is 1.40. The second-order valence-corrected chi connectivity index (χ2v) is 8.50. The Morgan fingerprint density at radius 3 is 2.38 bits per heavy atom. The first-order valence-electron chi connectivity index (χ1n) is 9.02. The largest absolute Gasteiger partial charge is 0.305 e. The molecule has 0 aliphatic rings. The highest BCUT2D eigenvalue weighted by Crippen LogP contribution is 2.30. The molecule has 0 radical (unpaired) electrons. The lowest BCUT2D eigenvalue weighted by Crippen LogP contribution is -2.14. The van der Waals surface area contributed by atoms with Gasteiger partial charge in [0.2, 0.25) is 5.91 Å². The van der Waals surface area contributed by atoms with E-state index in [0.717, 1.165) is 27.5 Å². The maximum Gasteiger partial charge on any atom is 0.236 e. The second kappa shape index (κ2) is 8.59. The standard InChI is InChI=1S/C21H19N5OS2/c1-14-18(15-9-5-3-6-10-15)23-20(29-14)22-17(27)13-28-21-25-24-19(26(21)2)16-11-7-4-8-12-16/h3-12H,13H2,1-2H3,(H,22,23,27). The highest BCUT2D eigenvalue weighted by molar-refractivity contribution is 7.99. The molecule has 0 saturated heterocycles. The van der Waals surface area contributed by atoms with Gasteiger partial charge in [-0.3, -0.25) is 4.79 Å². The summed E-state index contributed by atoms with van der Waals surface area (Å²) in [5.41, 5.74) is 2.94. The zero-order chi connectivity index (χ0) is 20.2. The third-order valence-corrected chi connectivity index (χ3v) is 6.20. The number of hydrogen-bond acceptors (Lipinski definition) is 6. The maximum atomic E-state index is 12.4. The van der Waals surface area contributed by atoms with Crippen molar-refractivity contribution < 1.29 is 4.79 Å². The molecule has 2 aromatic heterocycles. The highest BCUT2D eigenvalue weighted by atomic mass is 32.2. The normalized spacial score (nSPS) is 10.8. The molecule has 0 saturated carbocycles. The van der Waals surface area contributed by atoms with Crippen molar-refractivity contribution in [2.75, 3.05) is 11.1 Å². The molecule has 0 atom stereocenters. The molecule has 0 spiro atoms. The summed E-state index contributed by atoms with van der Waals surface area (Å²) in [6.07, 6.45) is 0. The molecule has 2 aromatic carbocycles. The molecule has 0 bridgehead atoms. The van der Waals surface area contributed by atoms with E-state index in [4.69, 9.17) is 0 Å². The minimum atomic E-state index is -0.118. The molecule has 4 aromatic rings. The van der Waals surface area contributed by atoms with Gasteiger partial charge in [0.25, 0.3) is 0 Å². The van der Waals surface area contributed by atoms with Crippen LogP contribution in [0.2, 0.25) is 0 Å². The van der Waals surface area contributed by atoms with Crippen LogP contribution in [0, 0.1) is 6.92 Å². The predicted octanol–water partition coefficient (Wildman–Crippen LogP) is 4.64. The maximum absolute atomic E-state index is 12.4. The summed E-state index contributed by atoms with van der Waals surface area (Å²) in [4.78, 5) is 18.1. The van der Waals surface area contributed by atoms with E-state index in [1.807, 2.05) is 79.2 Å². The van der Waals surface area contributed by atoms with E-state index < -0.39 is 0 Å². The number of thiazole rings is 1. The minimum absolute atomic E-state index is 0.118. The van der Waals surface area contributed by atoms with Gasteiger partial charge in [-0.05, 0) is 6.92 Å². The van der Waals surface area contributed by atoms with Crippen molar-refractivity contribution in [1.29, 1.82) is 0 Å². The highest BCUT2D eigenvalue weighted by Gasteiger charge is 2.15. The monoisotopic (exact) mass is 421 g/mol. The number of nitrogens with zero attached hydrogens (tertiary/aromatic N) is 4. The fourth-order valence-corrected chi connectivity index (χ4v) is 4.44. The summed E-state index contributed by atoms with van der Waals surface area (Å²) in [5.74, 6) is 0.893. The summed E-state index contributed by atoms with van der Waals surface area (Å²) < 4.78 is 1.90. The van der Waals surface area contributed by atoms with Gasteiger partial charge in [0.1, 0.15) is 0 Å². The topological polar surface area (TPSA) is 72.7 Å². The van der Waals surface area contributed by atoms with Crippen LogP contribution in [0.3, 0.4) is 0 Å². The molecule has 0 aliphatic heterocycles. The molecular formula is C21H19N5OS2. The van der Waals surface area contributed by atoms with Crippen molar-refractivity contribution in [2.24, 2.45) is 7.05 Å². The number of benzene rings is 2. The molecule has 8 heteroatoms. The Morgan fingerprint density at radius 2 is 1.69 bits per heavy atom. The number of hydrogen-bond donors (Lipinski definition) is 1. The third kappa shape index (κ3) is 4.38. The number of thioether (sulfide) groups is 1. The van der Waals surface area contributed by atoms with Crippen LogP contribution in [0.4, 0.5) is 5.13 Å². The lowest BCUT2D eigenvalue weighted by molar-refractivity contribution is -0.113. The van der Waals surface area contributed by atoms with E-state index in [0.29, 0.717) is 10.3 Å². The Morgan fingerprint density at radius 1 is 1.03 bits per heavy atom. The SMILES string of the molecule is Cc1sc(NC(=O)CSc2nnc(-c3ccccc3)n2C)nc1-c1ccccc1. The first-order valence-corrected chi connectivity index (χ1v) is 10.8. The molecule has 0 fully saturated rings. The van der Waals surface area contributed by atoms with Crippen molar-refractivity contribution in [3.8, 4) is 22.6 Å². The van der Waals surface area contributed by atoms with Crippen molar-refractivity contribution in [3.05, 3.63) is 65.5 Å². The molecule has 2 heterocycles. The molecule has 4 rings (SSSR count). The van der Waals surface area contributed by atoms with E-state index in [1.165, 1.54) is 23.1 Å². The summed E-state index contributed by atoms with van der Waals surface area (Å²) in [7, 11) is 1.90. The Bertz CT molecular complexity index is 1120. The molecule has 0 unspecified atom stereocenters. The lowest BCUT2D eigenvalue weighted by atomic mass is 10.1. The van der Waals surface area contributed by atoms with Gasteiger partial charge in [0.05, 0.1) is 11.4 Å². The third-order valence-electron chi connectivity index (χ3n) is 4.29. The number of carbonyl (C=O) groups excluding carboxylic acids is 1. The summed E-state index contributed by atoms with van der Waals surface area (Å²) in [5, 5.41) is 12.6. The average molecular weight is 422 g/mol. The van der Waals surface area contributed by atoms with E-state index in [9.17, 15) is 4.79 Å². The van der Waals surface area contributed by atoms with E-state index >= 15 is 0 Å². The van der Waals surface area contributed by atoms with Gasteiger partial charge in [0, 0.05) is 23.1 Å². The second-order valence-electron chi connectivity index (χ2n) is 6.36. The van der Waals surface area contributed by atoms with Crippen molar-refractivity contribution in [1.82, 2.24) is 19.7 Å². The zero-order valence-electron chi connectivity index (χ0n) is 16.0. The van der Waals surface area contributed by atoms with Crippen molar-refractivity contribution in [3.63, 3.8) is 0 Å². The average Bonchev–Trinajstić information content (AvgIpc) is 3.29. The van der Waals surface area contributed by atoms with Gasteiger partial charge in [-0.2, -0.15) is 0 Å². The van der Waals surface area contributed by atoms with Gasteiger partial charge < -0.3 is 9.88 Å². The summed E-state index contributed by atoms with van der Waals surface area (Å²) in [6.45, 7) is 2.01. The number of anilines is 1. The predicted molar refractivity (Wildman–Crippen MR) is 118 cm³/mol. The Labute approximate surface area is 177 Å². The summed E-state index contributed by atoms with van der Waals surface area (Å²) in [6, 6.07) is 19.8. The van der Waals surface area contributed by atoms with E-state index in [2.05, 4.69) is 20.5 Å². The van der Waals surface area contributed by atoms with Crippen molar-refractivity contribution >= 4 is 34.1 Å². The molecule has 6 nitrogen and oxygen atoms in total. The summed E-state index contributed by atoms with van der Waals surface area (Å²) >= 11 is 2.83. The van der Waals surface area contributed by atoms with Crippen LogP contribution >= 0.6 is 23.1 Å². The number of aromatic nitrogens is 4. The number of carbonyl (C=O) groups is 1. The molecule has 0 aliphatic carbocycles. The fourth-order valence-electron chi connectivity index (χ4n) is 2.88. The molecular weight excluding hydrogens is 402 g/mol. The lowest BCUT2D eigenvalue weighted by Gasteiger charge is -2.04. The number of rotatable bonds is 6. The number of amides is 1. The van der Waals surface area contributed by atoms with Gasteiger partial charge in [-0.25, -0.2) is 4.98 Å². The van der Waals surface area contributed by atoms with Crippen LogP contribution in [0.15, 0.2) is 65.8 Å². The Hall–Kier alpha value is -2.97. The zero-order valence-corrected chi connectivity index (χ0v) is 17.6. The first-order chi connectivity index (χ1) is 14.1. The van der Waals surface area contributed by atoms with Gasteiger partial charge in [-0.15, -0.1) is 21.5 Å². The van der Waals surface area contributed by atoms with Crippen LogP contribution in [0.1, 0.15) is 4.88 Å². The molecule has 1 N–H and O–H groups in total. The van der Waals surface area contributed by atoms with Crippen LogP contribution in [0.25, 0.3) is 22.6 Å². The molecule has 1 amide bonds. The minimum Gasteiger partial charge on any atom is -0.305 e. The van der Waals surface area contributed by atoms with Crippen LogP contribution in [-0.4, -0.2) is 31.4 Å². The number of nitrogens with one attached hydrogen (secondary N) is 1. The van der Waals surface area contributed by atoms with E-state index in [1.54, 1.807) is 0 Å². The first kappa shape index (κ1) is 19.4. The number of aryl methyl sites for hydroxylation is 1.